The Morgan fingerprint density at radius 1 is 0.952 bits per heavy atom. The van der Waals surface area contributed by atoms with Gasteiger partial charge in [-0.05, 0) is 48.2 Å². The number of carbonyl (C=O) groups excluding carboxylic acids is 2. The highest BCUT2D eigenvalue weighted by atomic mass is 32.1. The number of phenols is 1. The molecule has 42 heavy (non-hydrogen) atoms. The molecule has 2 amide bonds. The molecule has 0 saturated carbocycles. The van der Waals surface area contributed by atoms with Crippen molar-refractivity contribution in [1.29, 1.82) is 0 Å². The van der Waals surface area contributed by atoms with Gasteiger partial charge in [-0.3, -0.25) is 14.4 Å². The summed E-state index contributed by atoms with van der Waals surface area (Å²) in [5.41, 5.74) is 3.35. The first-order valence-corrected chi connectivity index (χ1v) is 14.7. The van der Waals surface area contributed by atoms with Crippen LogP contribution in [0.3, 0.4) is 0 Å². The van der Waals surface area contributed by atoms with Crippen molar-refractivity contribution in [2.45, 2.75) is 38.6 Å². The Morgan fingerprint density at radius 2 is 1.62 bits per heavy atom. The second-order valence-electron chi connectivity index (χ2n) is 10.4. The molecule has 1 aliphatic heterocycles. The fourth-order valence-electron chi connectivity index (χ4n) is 4.76. The number of nitrogens with zero attached hydrogens (tertiary/aromatic N) is 3. The van der Waals surface area contributed by atoms with E-state index in [0.717, 1.165) is 46.4 Å². The number of carboxylic acid groups (broad SMARTS) is 1. The number of likely N-dealkylation sites (tertiary alicyclic amines) is 1. The topological polar surface area (TPSA) is 133 Å². The van der Waals surface area contributed by atoms with Crippen LogP contribution in [-0.4, -0.2) is 62.0 Å². The van der Waals surface area contributed by atoms with Gasteiger partial charge < -0.3 is 20.4 Å². The fourth-order valence-corrected chi connectivity index (χ4v) is 5.71. The lowest BCUT2D eigenvalue weighted by atomic mass is 9.97. The number of phenolic OH excluding ortho intramolecular Hbond substituents is 1. The molecule has 1 atom stereocenters. The molecule has 4 aromatic rings. The van der Waals surface area contributed by atoms with Crippen molar-refractivity contribution in [2.75, 3.05) is 13.1 Å². The predicted molar refractivity (Wildman–Crippen MR) is 160 cm³/mol. The number of hydrogen-bond donors (Lipinski definition) is 3. The molecule has 10 heteroatoms. The zero-order valence-electron chi connectivity index (χ0n) is 23.2. The van der Waals surface area contributed by atoms with E-state index in [1.807, 2.05) is 30.3 Å². The van der Waals surface area contributed by atoms with Crippen molar-refractivity contribution < 1.29 is 24.6 Å². The Bertz CT molecular complexity index is 1550. The molecule has 0 bridgehead atoms. The van der Waals surface area contributed by atoms with Gasteiger partial charge in [-0.1, -0.05) is 49.7 Å². The zero-order valence-corrected chi connectivity index (χ0v) is 24.0. The van der Waals surface area contributed by atoms with Crippen LogP contribution in [0, 0.1) is 5.92 Å². The van der Waals surface area contributed by atoms with Crippen molar-refractivity contribution in [1.82, 2.24) is 20.2 Å². The van der Waals surface area contributed by atoms with Crippen LogP contribution < -0.4 is 5.32 Å². The van der Waals surface area contributed by atoms with Gasteiger partial charge in [0.2, 0.25) is 5.91 Å². The number of benzene rings is 2. The highest BCUT2D eigenvalue weighted by Gasteiger charge is 2.38. The summed E-state index contributed by atoms with van der Waals surface area (Å²) in [6.07, 6.45) is 6.74. The van der Waals surface area contributed by atoms with Crippen LogP contribution in [0.4, 0.5) is 0 Å². The third-order valence-electron chi connectivity index (χ3n) is 7.31. The average molecular weight is 585 g/mol. The van der Waals surface area contributed by atoms with Crippen LogP contribution >= 0.6 is 11.3 Å². The van der Waals surface area contributed by atoms with E-state index in [1.165, 1.54) is 16.2 Å². The molecule has 1 saturated heterocycles. The van der Waals surface area contributed by atoms with Crippen molar-refractivity contribution in [3.63, 3.8) is 0 Å². The van der Waals surface area contributed by atoms with Gasteiger partial charge in [0.25, 0.3) is 5.91 Å². The molecule has 3 N–H and O–H groups in total. The molecule has 1 fully saturated rings. The number of unbranched alkanes of at least 4 members (excludes halogenated alkanes) is 1. The molecular weight excluding hydrogens is 552 g/mol. The number of aromatic hydroxyl groups is 1. The summed E-state index contributed by atoms with van der Waals surface area (Å²) in [5, 5.41) is 21.7. The first-order valence-electron chi connectivity index (χ1n) is 13.9. The number of thiophene rings is 1. The van der Waals surface area contributed by atoms with Crippen molar-refractivity contribution in [3.05, 3.63) is 88.4 Å². The Kier molecular flexibility index (Phi) is 8.92. The van der Waals surface area contributed by atoms with E-state index >= 15 is 0 Å². The van der Waals surface area contributed by atoms with Gasteiger partial charge in [-0.2, -0.15) is 0 Å². The number of hydrogen-bond acceptors (Lipinski definition) is 7. The molecule has 2 aromatic heterocycles. The number of aryl methyl sites for hydroxylation is 1. The maximum atomic E-state index is 13.4. The standard InChI is InChI=1S/C32H32N4O5S/c1-2-3-4-26-13-14-28(42-26)30(38)35-27(31(39)36-18-24(19-36)32(40)41)15-20-5-7-22(8-6-20)29-33-16-23(17-34-29)21-9-11-25(37)12-10-21/h5-14,16-17,24,27,37H,2-4,15,18-19H2,1H3,(H,35,38)(H,40,41). The number of amides is 2. The van der Waals surface area contributed by atoms with Crippen LogP contribution in [0.25, 0.3) is 22.5 Å². The third-order valence-corrected chi connectivity index (χ3v) is 8.46. The highest BCUT2D eigenvalue weighted by molar-refractivity contribution is 7.14. The number of rotatable bonds is 11. The maximum Gasteiger partial charge on any atom is 0.310 e. The quantitative estimate of drug-likeness (QED) is 0.231. The smallest absolute Gasteiger partial charge is 0.310 e. The van der Waals surface area contributed by atoms with Gasteiger partial charge in [0.15, 0.2) is 5.82 Å². The van der Waals surface area contributed by atoms with Crippen molar-refractivity contribution in [2.24, 2.45) is 5.92 Å². The molecule has 9 nitrogen and oxygen atoms in total. The van der Waals surface area contributed by atoms with Gasteiger partial charge in [-0.15, -0.1) is 11.3 Å². The van der Waals surface area contributed by atoms with Crippen molar-refractivity contribution >= 4 is 29.1 Å². The molecule has 1 aliphatic rings. The molecule has 5 rings (SSSR count). The average Bonchev–Trinajstić information content (AvgIpc) is 3.45. The molecule has 2 aromatic carbocycles. The first kappa shape index (κ1) is 28.9. The van der Waals surface area contributed by atoms with Crippen LogP contribution in [0.1, 0.15) is 39.9 Å². The monoisotopic (exact) mass is 584 g/mol. The van der Waals surface area contributed by atoms with Gasteiger partial charge >= 0.3 is 5.97 Å². The van der Waals surface area contributed by atoms with Crippen LogP contribution in [0.5, 0.6) is 5.75 Å². The molecule has 1 unspecified atom stereocenters. The largest absolute Gasteiger partial charge is 0.508 e. The van der Waals surface area contributed by atoms with Crippen LogP contribution in [0.15, 0.2) is 73.1 Å². The number of carbonyl (C=O) groups is 3. The molecule has 0 aliphatic carbocycles. The number of carboxylic acids is 1. The lowest BCUT2D eigenvalue weighted by Crippen LogP contribution is -2.59. The van der Waals surface area contributed by atoms with Gasteiger partial charge in [0.1, 0.15) is 11.8 Å². The Morgan fingerprint density at radius 3 is 2.26 bits per heavy atom. The van der Waals surface area contributed by atoms with Crippen LogP contribution in [-0.2, 0) is 22.4 Å². The number of aromatic nitrogens is 2. The second kappa shape index (κ2) is 12.9. The Labute approximate surface area is 247 Å². The summed E-state index contributed by atoms with van der Waals surface area (Å²) >= 11 is 1.43. The minimum Gasteiger partial charge on any atom is -0.508 e. The number of aliphatic carboxylic acids is 1. The lowest BCUT2D eigenvalue weighted by Gasteiger charge is -2.38. The highest BCUT2D eigenvalue weighted by Crippen LogP contribution is 2.24. The Hall–Kier alpha value is -4.57. The SMILES string of the molecule is CCCCc1ccc(C(=O)NC(Cc2ccc(-c3ncc(-c4ccc(O)cc4)cn3)cc2)C(=O)N2CC(C(=O)O)C2)s1. The molecule has 3 heterocycles. The molecule has 0 radical (unpaired) electrons. The minimum absolute atomic E-state index is 0.136. The van der Waals surface area contributed by atoms with E-state index in [2.05, 4.69) is 22.2 Å². The van der Waals surface area contributed by atoms with Gasteiger partial charge in [0, 0.05) is 47.9 Å². The van der Waals surface area contributed by atoms with Gasteiger partial charge in [-0.25, -0.2) is 9.97 Å². The third kappa shape index (κ3) is 6.83. The normalized spacial score (nSPS) is 13.8. The van der Waals surface area contributed by atoms with E-state index in [1.54, 1.807) is 42.7 Å². The molecular formula is C32H32N4O5S. The summed E-state index contributed by atoms with van der Waals surface area (Å²) < 4.78 is 0. The molecule has 216 valence electrons. The molecule has 0 spiro atoms. The van der Waals surface area contributed by atoms with E-state index in [9.17, 15) is 24.6 Å². The van der Waals surface area contributed by atoms with E-state index in [-0.39, 0.29) is 37.1 Å². The van der Waals surface area contributed by atoms with E-state index in [4.69, 9.17) is 0 Å². The summed E-state index contributed by atoms with van der Waals surface area (Å²) in [4.78, 5) is 49.9. The summed E-state index contributed by atoms with van der Waals surface area (Å²) in [6, 6.07) is 17.2. The minimum atomic E-state index is -0.924. The summed E-state index contributed by atoms with van der Waals surface area (Å²) in [6.45, 7) is 2.39. The summed E-state index contributed by atoms with van der Waals surface area (Å²) in [5.74, 6) is -1.37. The van der Waals surface area contributed by atoms with Gasteiger partial charge in [0.05, 0.1) is 10.8 Å². The van der Waals surface area contributed by atoms with E-state index < -0.39 is 17.9 Å². The first-order chi connectivity index (χ1) is 20.3. The van der Waals surface area contributed by atoms with Crippen molar-refractivity contribution in [3.8, 4) is 28.3 Å². The Balaban J connectivity index is 1.28. The predicted octanol–water partition coefficient (Wildman–Crippen LogP) is 4.80. The lowest BCUT2D eigenvalue weighted by molar-refractivity contribution is -0.153. The summed E-state index contributed by atoms with van der Waals surface area (Å²) in [7, 11) is 0. The number of nitrogens with one attached hydrogen (secondary N) is 1. The van der Waals surface area contributed by atoms with Crippen LogP contribution in [0.2, 0.25) is 0 Å². The van der Waals surface area contributed by atoms with E-state index in [0.29, 0.717) is 10.7 Å². The maximum absolute atomic E-state index is 13.4. The second-order valence-corrected chi connectivity index (χ2v) is 11.6. The zero-order chi connectivity index (χ0) is 29.6. The fraction of sp³-hybridized carbons (Fsp3) is 0.281.